The summed E-state index contributed by atoms with van der Waals surface area (Å²) in [6.45, 7) is 2.26. The minimum absolute atomic E-state index is 0.972. The molecule has 4 bridgehead atoms. The van der Waals surface area contributed by atoms with Gasteiger partial charge in [-0.15, -0.1) is 0 Å². The van der Waals surface area contributed by atoms with E-state index in [1.54, 1.807) is 0 Å². The highest BCUT2D eigenvalue weighted by Crippen LogP contribution is 2.45. The van der Waals surface area contributed by atoms with Gasteiger partial charge in [-0.3, -0.25) is 0 Å². The van der Waals surface area contributed by atoms with Crippen LogP contribution in [0.15, 0.2) is 78.9 Å². The Labute approximate surface area is 182 Å². The molecule has 2 heteroatoms. The monoisotopic (exact) mass is 399 g/mol. The van der Waals surface area contributed by atoms with Gasteiger partial charge in [0, 0.05) is 0 Å². The van der Waals surface area contributed by atoms with E-state index in [-0.39, 0.29) is 0 Å². The summed E-state index contributed by atoms with van der Waals surface area (Å²) in [4.78, 5) is 0. The van der Waals surface area contributed by atoms with Crippen LogP contribution in [0.1, 0.15) is 27.8 Å². The van der Waals surface area contributed by atoms with E-state index in [0.717, 1.165) is 12.8 Å². The smallest absolute Gasteiger partial charge is 0.225 e. The second-order valence-electron chi connectivity index (χ2n) is 8.96. The summed E-state index contributed by atoms with van der Waals surface area (Å²) in [5, 5.41) is 0. The number of para-hydroxylation sites is 2. The predicted molar refractivity (Wildman–Crippen MR) is 126 cm³/mol. The average Bonchev–Trinajstić information content (AvgIpc) is 3.30. The molecule has 0 N–H and O–H groups in total. The molecule has 0 saturated heterocycles. The standard InChI is InChI=1S/C29H23N2/c1-18-13-14-23-22-10-6-8-20-15-19-7-5-9-21(16-19)31-27-12-4-3-11-26(27)30(2)29(31)28(18)25(23)17-24(20)22/h3-14,16H,15,17H2,1-2H3/q+1. The van der Waals surface area contributed by atoms with Crippen molar-refractivity contribution in [3.8, 4) is 28.2 Å². The fraction of sp³-hybridized carbons (Fsp3) is 0.138. The maximum atomic E-state index is 2.47. The third kappa shape index (κ3) is 2.20. The van der Waals surface area contributed by atoms with E-state index in [4.69, 9.17) is 0 Å². The molecule has 1 aliphatic carbocycles. The van der Waals surface area contributed by atoms with Gasteiger partial charge in [0.15, 0.2) is 11.0 Å². The minimum Gasteiger partial charge on any atom is -0.225 e. The lowest BCUT2D eigenvalue weighted by Crippen LogP contribution is -2.30. The molecule has 7 rings (SSSR count). The van der Waals surface area contributed by atoms with Crippen molar-refractivity contribution in [1.29, 1.82) is 0 Å². The van der Waals surface area contributed by atoms with Crippen molar-refractivity contribution < 1.29 is 4.57 Å². The van der Waals surface area contributed by atoms with E-state index >= 15 is 0 Å². The van der Waals surface area contributed by atoms with Crippen molar-refractivity contribution in [2.75, 3.05) is 0 Å². The molecule has 4 aromatic carbocycles. The summed E-state index contributed by atoms with van der Waals surface area (Å²) in [6.07, 6.45) is 1.98. The highest BCUT2D eigenvalue weighted by atomic mass is 15.2. The number of fused-ring (bicyclic) bond motifs is 8. The average molecular weight is 400 g/mol. The van der Waals surface area contributed by atoms with Crippen molar-refractivity contribution in [3.05, 3.63) is 107 Å². The third-order valence-electron chi connectivity index (χ3n) is 7.24. The number of hydrogen-bond donors (Lipinski definition) is 0. The van der Waals surface area contributed by atoms with Crippen LogP contribution >= 0.6 is 0 Å². The van der Waals surface area contributed by atoms with E-state index in [0.29, 0.717) is 0 Å². The van der Waals surface area contributed by atoms with Gasteiger partial charge in [-0.2, -0.15) is 4.57 Å². The SMILES string of the molecule is Cc1ccc2c3c1-c1n(c4ccccc4[n+]1C)-c1cccc(c1)Cc1cccc-2c1C3. The summed E-state index contributed by atoms with van der Waals surface area (Å²) >= 11 is 0. The van der Waals surface area contributed by atoms with E-state index in [1.807, 2.05) is 0 Å². The number of nitrogens with zero attached hydrogens (tertiary/aromatic N) is 2. The van der Waals surface area contributed by atoms with E-state index in [9.17, 15) is 0 Å². The van der Waals surface area contributed by atoms with Crippen LogP contribution in [0.2, 0.25) is 0 Å². The van der Waals surface area contributed by atoms with Crippen LogP contribution in [0, 0.1) is 6.92 Å². The van der Waals surface area contributed by atoms with Gasteiger partial charge in [0.05, 0.1) is 12.6 Å². The van der Waals surface area contributed by atoms with Gasteiger partial charge in [-0.25, -0.2) is 4.57 Å². The van der Waals surface area contributed by atoms with Gasteiger partial charge >= 0.3 is 0 Å². The van der Waals surface area contributed by atoms with Crippen LogP contribution in [0.3, 0.4) is 0 Å². The fourth-order valence-corrected chi connectivity index (χ4v) is 5.83. The molecule has 0 saturated carbocycles. The molecule has 5 aromatic rings. The van der Waals surface area contributed by atoms with E-state index in [1.165, 1.54) is 67.1 Å². The first kappa shape index (κ1) is 17.1. The second-order valence-corrected chi connectivity index (χ2v) is 8.96. The quantitative estimate of drug-likeness (QED) is 0.281. The number of rotatable bonds is 0. The molecule has 1 aromatic heterocycles. The summed E-state index contributed by atoms with van der Waals surface area (Å²) in [7, 11) is 2.21. The highest BCUT2D eigenvalue weighted by Gasteiger charge is 2.33. The molecule has 2 heterocycles. The van der Waals surface area contributed by atoms with Gasteiger partial charge in [0.25, 0.3) is 5.82 Å². The molecule has 0 fully saturated rings. The van der Waals surface area contributed by atoms with E-state index in [2.05, 4.69) is 102 Å². The Morgan fingerprint density at radius 3 is 2.55 bits per heavy atom. The zero-order valence-corrected chi connectivity index (χ0v) is 17.8. The minimum atomic E-state index is 0.972. The Kier molecular flexibility index (Phi) is 3.28. The summed E-state index contributed by atoms with van der Waals surface area (Å²) in [6, 6.07) is 29.4. The van der Waals surface area contributed by atoms with Gasteiger partial charge in [-0.1, -0.05) is 54.6 Å². The molecule has 148 valence electrons. The maximum Gasteiger partial charge on any atom is 0.295 e. The molecule has 0 amide bonds. The number of aryl methyl sites for hydroxylation is 2. The molecule has 0 unspecified atom stereocenters. The molecule has 0 radical (unpaired) electrons. The zero-order chi connectivity index (χ0) is 20.7. The Balaban J connectivity index is 1.72. The van der Waals surface area contributed by atoms with Crippen LogP contribution in [-0.2, 0) is 19.9 Å². The van der Waals surface area contributed by atoms with Crippen LogP contribution in [-0.4, -0.2) is 4.57 Å². The first-order valence-electron chi connectivity index (χ1n) is 11.0. The topological polar surface area (TPSA) is 8.81 Å². The van der Waals surface area contributed by atoms with E-state index < -0.39 is 0 Å². The van der Waals surface area contributed by atoms with Crippen LogP contribution in [0.5, 0.6) is 0 Å². The lowest BCUT2D eigenvalue weighted by atomic mass is 9.95. The Hall–Kier alpha value is -3.65. The van der Waals surface area contributed by atoms with Crippen LogP contribution in [0.4, 0.5) is 0 Å². The molecular weight excluding hydrogens is 376 g/mol. The normalized spacial score (nSPS) is 13.2. The molecule has 0 atom stereocenters. The molecule has 1 aliphatic heterocycles. The molecule has 2 nitrogen and oxygen atoms in total. The molecular formula is C29H23N2+. The summed E-state index contributed by atoms with van der Waals surface area (Å²) in [5.41, 5.74) is 15.1. The third-order valence-corrected chi connectivity index (χ3v) is 7.24. The second kappa shape index (κ2) is 5.95. The fourth-order valence-electron chi connectivity index (χ4n) is 5.83. The zero-order valence-electron chi connectivity index (χ0n) is 17.8. The van der Waals surface area contributed by atoms with Gasteiger partial charge in [0.2, 0.25) is 0 Å². The van der Waals surface area contributed by atoms with Gasteiger partial charge in [-0.05, 0) is 83.0 Å². The number of benzene rings is 4. The van der Waals surface area contributed by atoms with Crippen LogP contribution in [0.25, 0.3) is 39.2 Å². The molecule has 31 heavy (non-hydrogen) atoms. The van der Waals surface area contributed by atoms with Gasteiger partial charge in [0.1, 0.15) is 5.69 Å². The van der Waals surface area contributed by atoms with Crippen molar-refractivity contribution in [2.45, 2.75) is 19.8 Å². The highest BCUT2D eigenvalue weighted by molar-refractivity contribution is 5.88. The lowest BCUT2D eigenvalue weighted by molar-refractivity contribution is -0.633. The predicted octanol–water partition coefficient (Wildman–Crippen LogP) is 5.91. The summed E-state index contributed by atoms with van der Waals surface area (Å²) < 4.78 is 4.85. The van der Waals surface area contributed by atoms with Crippen molar-refractivity contribution in [3.63, 3.8) is 0 Å². The van der Waals surface area contributed by atoms with Gasteiger partial charge < -0.3 is 0 Å². The Morgan fingerprint density at radius 1 is 0.774 bits per heavy atom. The molecule has 0 spiro atoms. The van der Waals surface area contributed by atoms with Crippen molar-refractivity contribution in [1.82, 2.24) is 4.57 Å². The van der Waals surface area contributed by atoms with Crippen molar-refractivity contribution >= 4 is 11.0 Å². The Morgan fingerprint density at radius 2 is 1.61 bits per heavy atom. The number of imidazole rings is 1. The van der Waals surface area contributed by atoms with Crippen molar-refractivity contribution in [2.24, 2.45) is 7.05 Å². The maximum absolute atomic E-state index is 2.47. The largest absolute Gasteiger partial charge is 0.295 e. The first-order valence-corrected chi connectivity index (χ1v) is 11.0. The Bertz CT molecular complexity index is 1550. The number of hydrogen-bond acceptors (Lipinski definition) is 0. The molecule has 2 aliphatic rings. The lowest BCUT2D eigenvalue weighted by Gasteiger charge is -2.12. The number of aromatic nitrogens is 2. The summed E-state index contributed by atoms with van der Waals surface area (Å²) in [5.74, 6) is 1.27. The van der Waals surface area contributed by atoms with Crippen LogP contribution < -0.4 is 4.57 Å². The first-order chi connectivity index (χ1) is 15.2.